The van der Waals surface area contributed by atoms with Crippen LogP contribution in [0.4, 0.5) is 0 Å². The van der Waals surface area contributed by atoms with Gasteiger partial charge in [-0.15, -0.1) is 0 Å². The summed E-state index contributed by atoms with van der Waals surface area (Å²) in [7, 11) is 1.57. The van der Waals surface area contributed by atoms with Crippen molar-refractivity contribution in [2.24, 2.45) is 0 Å². The monoisotopic (exact) mass is 346 g/mol. The van der Waals surface area contributed by atoms with E-state index in [1.807, 2.05) is 44.2 Å². The molecule has 0 fully saturated rings. The Labute approximate surface area is 153 Å². The molecule has 26 heavy (non-hydrogen) atoms. The molecule has 0 bridgehead atoms. The number of hydrogen-bond acceptors (Lipinski definition) is 3. The molecule has 0 unspecified atom stereocenters. The van der Waals surface area contributed by atoms with E-state index in [9.17, 15) is 9.59 Å². The van der Waals surface area contributed by atoms with Crippen LogP contribution in [0.15, 0.2) is 48.2 Å². The third kappa shape index (κ3) is 2.53. The lowest BCUT2D eigenvalue weighted by atomic mass is 9.96. The topological polar surface area (TPSA) is 40.6 Å². The largest absolute Gasteiger partial charge is 0.362 e. The van der Waals surface area contributed by atoms with Crippen molar-refractivity contribution < 1.29 is 9.59 Å². The van der Waals surface area contributed by atoms with E-state index >= 15 is 0 Å². The van der Waals surface area contributed by atoms with Crippen LogP contribution in [0, 0.1) is 13.8 Å². The van der Waals surface area contributed by atoms with Gasteiger partial charge in [-0.1, -0.05) is 42.5 Å². The standard InChI is InChI=1S/C22H22N2O2/c1-14-8-9-17(12-15(14)2)19-20(22(26)23(3)21(19)25)24-11-10-16-6-4-5-7-18(16)13-24/h4-9,12H,10-11,13H2,1-3H3. The lowest BCUT2D eigenvalue weighted by Gasteiger charge is -2.31. The first-order chi connectivity index (χ1) is 12.5. The zero-order chi connectivity index (χ0) is 18.4. The minimum absolute atomic E-state index is 0.206. The summed E-state index contributed by atoms with van der Waals surface area (Å²) in [5.41, 5.74) is 6.73. The second-order valence-corrected chi connectivity index (χ2v) is 7.13. The van der Waals surface area contributed by atoms with Crippen molar-refractivity contribution in [2.45, 2.75) is 26.8 Å². The molecule has 2 aromatic carbocycles. The minimum atomic E-state index is -0.216. The Morgan fingerprint density at radius 1 is 0.885 bits per heavy atom. The molecule has 4 heteroatoms. The van der Waals surface area contributed by atoms with E-state index in [1.165, 1.54) is 21.6 Å². The molecule has 4 rings (SSSR count). The average molecular weight is 346 g/mol. The highest BCUT2D eigenvalue weighted by atomic mass is 16.2. The van der Waals surface area contributed by atoms with E-state index in [1.54, 1.807) is 7.05 Å². The summed E-state index contributed by atoms with van der Waals surface area (Å²) in [4.78, 5) is 29.0. The van der Waals surface area contributed by atoms with Gasteiger partial charge in [0, 0.05) is 20.1 Å². The average Bonchev–Trinajstić information content (AvgIpc) is 2.88. The first kappa shape index (κ1) is 16.6. The van der Waals surface area contributed by atoms with Crippen LogP contribution in [0.2, 0.25) is 0 Å². The van der Waals surface area contributed by atoms with Crippen molar-refractivity contribution in [2.75, 3.05) is 13.6 Å². The van der Waals surface area contributed by atoms with E-state index in [2.05, 4.69) is 17.0 Å². The second-order valence-electron chi connectivity index (χ2n) is 7.13. The van der Waals surface area contributed by atoms with Gasteiger partial charge in [0.1, 0.15) is 5.70 Å². The maximum absolute atomic E-state index is 12.9. The summed E-state index contributed by atoms with van der Waals surface area (Å²) in [6, 6.07) is 14.3. The van der Waals surface area contributed by atoms with Crippen LogP contribution in [-0.4, -0.2) is 35.2 Å². The fourth-order valence-corrected chi connectivity index (χ4v) is 3.76. The molecule has 2 heterocycles. The van der Waals surface area contributed by atoms with Gasteiger partial charge in [0.2, 0.25) is 0 Å². The van der Waals surface area contributed by atoms with Gasteiger partial charge in [-0.3, -0.25) is 14.5 Å². The number of amides is 2. The maximum Gasteiger partial charge on any atom is 0.277 e. The number of carbonyl (C=O) groups is 2. The van der Waals surface area contributed by atoms with Crippen molar-refractivity contribution in [3.63, 3.8) is 0 Å². The second kappa shape index (κ2) is 6.13. The van der Waals surface area contributed by atoms with Crippen molar-refractivity contribution in [1.29, 1.82) is 0 Å². The zero-order valence-electron chi connectivity index (χ0n) is 15.4. The quantitative estimate of drug-likeness (QED) is 0.785. The van der Waals surface area contributed by atoms with E-state index in [4.69, 9.17) is 0 Å². The molecule has 2 aromatic rings. The number of aryl methyl sites for hydroxylation is 2. The van der Waals surface area contributed by atoms with Crippen LogP contribution in [0.25, 0.3) is 5.57 Å². The zero-order valence-corrected chi connectivity index (χ0v) is 15.4. The van der Waals surface area contributed by atoms with Crippen molar-refractivity contribution >= 4 is 17.4 Å². The Bertz CT molecular complexity index is 958. The van der Waals surface area contributed by atoms with Crippen molar-refractivity contribution in [1.82, 2.24) is 9.80 Å². The third-order valence-electron chi connectivity index (χ3n) is 5.50. The highest BCUT2D eigenvalue weighted by Crippen LogP contribution is 2.34. The number of benzene rings is 2. The minimum Gasteiger partial charge on any atom is -0.362 e. The molecule has 2 amide bonds. The molecule has 0 spiro atoms. The number of likely N-dealkylation sites (N-methyl/N-ethyl adjacent to an activating group) is 1. The normalized spacial score (nSPS) is 17.2. The summed E-state index contributed by atoms with van der Waals surface area (Å²) in [5.74, 6) is -0.422. The third-order valence-corrected chi connectivity index (χ3v) is 5.50. The van der Waals surface area contributed by atoms with Gasteiger partial charge in [-0.05, 0) is 48.1 Å². The first-order valence-electron chi connectivity index (χ1n) is 8.93. The Kier molecular flexibility index (Phi) is 3.91. The van der Waals surface area contributed by atoms with E-state index < -0.39 is 0 Å². The highest BCUT2D eigenvalue weighted by Gasteiger charge is 2.40. The van der Waals surface area contributed by atoms with Crippen LogP contribution in [0.3, 0.4) is 0 Å². The summed E-state index contributed by atoms with van der Waals surface area (Å²) in [6.07, 6.45) is 0.880. The predicted molar refractivity (Wildman–Crippen MR) is 101 cm³/mol. The molecule has 132 valence electrons. The number of nitrogens with zero attached hydrogens (tertiary/aromatic N) is 2. The van der Waals surface area contributed by atoms with Crippen molar-refractivity contribution in [3.05, 3.63) is 76.0 Å². The molecule has 0 saturated heterocycles. The molecule has 4 nitrogen and oxygen atoms in total. The Balaban J connectivity index is 1.82. The van der Waals surface area contributed by atoms with Gasteiger partial charge in [0.15, 0.2) is 0 Å². The van der Waals surface area contributed by atoms with E-state index in [-0.39, 0.29) is 11.8 Å². The lowest BCUT2D eigenvalue weighted by molar-refractivity contribution is -0.136. The summed E-state index contributed by atoms with van der Waals surface area (Å²) < 4.78 is 0. The number of imide groups is 1. The smallest absolute Gasteiger partial charge is 0.277 e. The van der Waals surface area contributed by atoms with E-state index in [0.29, 0.717) is 17.8 Å². The van der Waals surface area contributed by atoms with Crippen molar-refractivity contribution in [3.8, 4) is 0 Å². The lowest BCUT2D eigenvalue weighted by Crippen LogP contribution is -2.35. The molecule has 0 aromatic heterocycles. The Morgan fingerprint density at radius 3 is 2.35 bits per heavy atom. The highest BCUT2D eigenvalue weighted by molar-refractivity contribution is 6.35. The summed E-state index contributed by atoms with van der Waals surface area (Å²) >= 11 is 0. The molecule has 2 aliphatic heterocycles. The van der Waals surface area contributed by atoms with Gasteiger partial charge >= 0.3 is 0 Å². The van der Waals surface area contributed by atoms with Crippen LogP contribution in [0.1, 0.15) is 27.8 Å². The van der Waals surface area contributed by atoms with Crippen LogP contribution >= 0.6 is 0 Å². The molecule has 0 saturated carbocycles. The molecular formula is C22H22N2O2. The number of hydrogen-bond donors (Lipinski definition) is 0. The molecule has 0 atom stereocenters. The van der Waals surface area contributed by atoms with Gasteiger partial charge in [0.25, 0.3) is 11.8 Å². The first-order valence-corrected chi connectivity index (χ1v) is 8.93. The molecule has 2 aliphatic rings. The van der Waals surface area contributed by atoms with Gasteiger partial charge < -0.3 is 4.90 Å². The molecule has 0 N–H and O–H groups in total. The number of fused-ring (bicyclic) bond motifs is 1. The predicted octanol–water partition coefficient (Wildman–Crippen LogP) is 3.07. The molecular weight excluding hydrogens is 324 g/mol. The van der Waals surface area contributed by atoms with Crippen LogP contribution in [0.5, 0.6) is 0 Å². The molecule has 0 aliphatic carbocycles. The van der Waals surface area contributed by atoms with Crippen LogP contribution < -0.4 is 0 Å². The summed E-state index contributed by atoms with van der Waals surface area (Å²) in [5, 5.41) is 0. The number of rotatable bonds is 2. The fourth-order valence-electron chi connectivity index (χ4n) is 3.76. The van der Waals surface area contributed by atoms with Gasteiger partial charge in [0.05, 0.1) is 5.57 Å². The van der Waals surface area contributed by atoms with Crippen LogP contribution in [-0.2, 0) is 22.6 Å². The Morgan fingerprint density at radius 2 is 1.62 bits per heavy atom. The fraction of sp³-hybridized carbons (Fsp3) is 0.273. The Hall–Kier alpha value is -2.88. The molecule has 0 radical (unpaired) electrons. The summed E-state index contributed by atoms with van der Waals surface area (Å²) in [6.45, 7) is 5.48. The maximum atomic E-state index is 12.9. The number of carbonyl (C=O) groups excluding carboxylic acids is 2. The van der Waals surface area contributed by atoms with Gasteiger partial charge in [-0.2, -0.15) is 0 Å². The van der Waals surface area contributed by atoms with E-state index in [0.717, 1.165) is 24.1 Å². The van der Waals surface area contributed by atoms with Gasteiger partial charge in [-0.25, -0.2) is 0 Å². The SMILES string of the molecule is Cc1ccc(C2=C(N3CCc4ccccc4C3)C(=O)N(C)C2=O)cc1C.